The number of hydrogen-bond acceptors (Lipinski definition) is 2. The van der Waals surface area contributed by atoms with E-state index in [-0.39, 0.29) is 0 Å². The summed E-state index contributed by atoms with van der Waals surface area (Å²) in [6.07, 6.45) is -15.2. The lowest BCUT2D eigenvalue weighted by molar-refractivity contribution is -0.392. The number of rotatable bonds is 8. The minimum Gasteiger partial charge on any atom is -0.398 e. The van der Waals surface area contributed by atoms with Gasteiger partial charge in [0, 0.05) is 0 Å². The Morgan fingerprint density at radius 1 is 0.773 bits per heavy atom. The van der Waals surface area contributed by atoms with Crippen LogP contribution in [-0.2, 0) is 9.47 Å². The molecule has 0 fully saturated rings. The molecule has 0 unspecified atom stereocenters. The van der Waals surface area contributed by atoms with Crippen LogP contribution in [0.5, 0.6) is 0 Å². The lowest BCUT2D eigenvalue weighted by Crippen LogP contribution is -2.51. The molecule has 0 bridgehead atoms. The van der Waals surface area contributed by atoms with Crippen molar-refractivity contribution in [3.8, 4) is 0 Å². The Labute approximate surface area is 128 Å². The van der Waals surface area contributed by atoms with Crippen LogP contribution in [0, 0.1) is 0 Å². The molecule has 0 saturated carbocycles. The second kappa shape index (κ2) is 6.92. The zero-order valence-corrected chi connectivity index (χ0v) is 11.9. The Kier molecular flexibility index (Phi) is 6.75. The topological polar surface area (TPSA) is 18.5 Å². The van der Waals surface area contributed by atoms with Gasteiger partial charge in [0.05, 0.1) is 4.43 Å². The van der Waals surface area contributed by atoms with Gasteiger partial charge >= 0.3 is 36.2 Å². The van der Waals surface area contributed by atoms with E-state index >= 15 is 0 Å². The molecule has 22 heavy (non-hydrogen) atoms. The van der Waals surface area contributed by atoms with E-state index in [1.807, 2.05) is 0 Å². The second-order valence-corrected chi connectivity index (χ2v) is 4.26. The average Bonchev–Trinajstić information content (AvgIpc) is 2.35. The zero-order valence-electron chi connectivity index (χ0n) is 9.77. The van der Waals surface area contributed by atoms with Crippen LogP contribution in [0.2, 0.25) is 0 Å². The molecular weight excluding hydrogens is 464 g/mol. The summed E-state index contributed by atoms with van der Waals surface area (Å²) in [5.74, 6) is -10.8. The summed E-state index contributed by atoms with van der Waals surface area (Å²) in [5.41, 5.74) is 0. The molecule has 0 saturated heterocycles. The van der Waals surface area contributed by atoms with Crippen LogP contribution >= 0.6 is 22.6 Å². The van der Waals surface area contributed by atoms with Crippen molar-refractivity contribution in [1.29, 1.82) is 0 Å². The molecule has 0 spiro atoms. The average molecular weight is 468 g/mol. The Balaban J connectivity index is 5.08. The molecule has 0 atom stereocenters. The summed E-state index contributed by atoms with van der Waals surface area (Å²) in [7, 11) is 0. The Hall–Kier alpha value is -0.540. The molecule has 2 nitrogen and oxygen atoms in total. The third-order valence-corrected chi connectivity index (χ3v) is 2.78. The maximum Gasteiger partial charge on any atom is 0.468 e. The molecule has 0 aliphatic rings. The molecule has 0 aliphatic heterocycles. The lowest BCUT2D eigenvalue weighted by atomic mass is 10.3. The van der Waals surface area contributed by atoms with E-state index in [4.69, 9.17) is 0 Å². The van der Waals surface area contributed by atoms with Crippen LogP contribution in [-0.4, -0.2) is 35.1 Å². The summed E-state index contributed by atoms with van der Waals surface area (Å²) >= 11 is 0.746. The zero-order chi connectivity index (χ0) is 18.0. The number of alkyl halides is 9. The van der Waals surface area contributed by atoms with E-state index in [1.165, 1.54) is 0 Å². The summed E-state index contributed by atoms with van der Waals surface area (Å²) in [5, 5.41) is 0. The molecule has 0 aromatic carbocycles. The molecule has 0 aliphatic carbocycles. The molecule has 0 N–H and O–H groups in total. The SMILES string of the molecule is FC(F)=C(F)OC(F)(F)C(F)(F)COC(F)(F)C(F)(F)CI. The van der Waals surface area contributed by atoms with Gasteiger partial charge in [0.1, 0.15) is 6.61 Å². The molecular formula is C8H4F11IO2. The van der Waals surface area contributed by atoms with Crippen LogP contribution in [0.1, 0.15) is 0 Å². The number of ether oxygens (including phenoxy) is 2. The van der Waals surface area contributed by atoms with Gasteiger partial charge in [-0.1, -0.05) is 22.6 Å². The fourth-order valence-corrected chi connectivity index (χ4v) is 1.12. The maximum atomic E-state index is 12.8. The van der Waals surface area contributed by atoms with E-state index in [2.05, 4.69) is 9.47 Å². The van der Waals surface area contributed by atoms with Gasteiger partial charge in [-0.2, -0.15) is 48.3 Å². The number of hydrogen-bond donors (Lipinski definition) is 0. The van der Waals surface area contributed by atoms with Gasteiger partial charge in [-0.05, 0) is 0 Å². The van der Waals surface area contributed by atoms with Crippen molar-refractivity contribution >= 4 is 22.6 Å². The minimum absolute atomic E-state index is 0.746. The van der Waals surface area contributed by atoms with Crippen molar-refractivity contribution in [2.75, 3.05) is 11.0 Å². The Morgan fingerprint density at radius 3 is 1.59 bits per heavy atom. The van der Waals surface area contributed by atoms with Crippen molar-refractivity contribution in [3.05, 3.63) is 12.1 Å². The van der Waals surface area contributed by atoms with Gasteiger partial charge in [-0.25, -0.2) is 0 Å². The van der Waals surface area contributed by atoms with Crippen molar-refractivity contribution in [2.45, 2.75) is 24.1 Å². The highest BCUT2D eigenvalue weighted by atomic mass is 127. The van der Waals surface area contributed by atoms with E-state index in [0.717, 1.165) is 22.6 Å². The van der Waals surface area contributed by atoms with E-state index in [1.54, 1.807) is 0 Å². The van der Waals surface area contributed by atoms with Crippen molar-refractivity contribution in [1.82, 2.24) is 0 Å². The maximum absolute atomic E-state index is 12.8. The molecule has 14 heteroatoms. The van der Waals surface area contributed by atoms with Crippen LogP contribution < -0.4 is 0 Å². The standard InChI is InChI=1S/C8H4F11IO2/c9-3(10)4(11)22-8(18,19)6(14,15)2-21-7(16,17)5(12,13)1-20/h1-2H2. The van der Waals surface area contributed by atoms with Gasteiger partial charge in [0.25, 0.3) is 0 Å². The summed E-state index contributed by atoms with van der Waals surface area (Å²) in [6, 6.07) is -3.39. The molecule has 0 radical (unpaired) electrons. The van der Waals surface area contributed by atoms with Gasteiger partial charge in [-0.15, -0.1) is 0 Å². The predicted molar refractivity (Wildman–Crippen MR) is 56.1 cm³/mol. The first-order valence-electron chi connectivity index (χ1n) is 4.70. The quantitative estimate of drug-likeness (QED) is 0.218. The van der Waals surface area contributed by atoms with Crippen molar-refractivity contribution in [2.24, 2.45) is 0 Å². The Bertz CT molecular complexity index is 418. The van der Waals surface area contributed by atoms with Crippen molar-refractivity contribution in [3.63, 3.8) is 0 Å². The fraction of sp³-hybridized carbons (Fsp3) is 0.750. The fourth-order valence-electron chi connectivity index (χ4n) is 0.674. The molecule has 0 aromatic heterocycles. The highest BCUT2D eigenvalue weighted by molar-refractivity contribution is 14.1. The second-order valence-electron chi connectivity index (χ2n) is 3.50. The molecule has 0 amide bonds. The van der Waals surface area contributed by atoms with E-state index < -0.39 is 47.2 Å². The number of halogens is 12. The van der Waals surface area contributed by atoms with Gasteiger partial charge < -0.3 is 9.47 Å². The largest absolute Gasteiger partial charge is 0.468 e. The van der Waals surface area contributed by atoms with E-state index in [9.17, 15) is 48.3 Å². The third kappa shape index (κ3) is 4.99. The van der Waals surface area contributed by atoms with Gasteiger partial charge in [0.15, 0.2) is 0 Å². The smallest absolute Gasteiger partial charge is 0.398 e. The molecule has 132 valence electrons. The highest BCUT2D eigenvalue weighted by Gasteiger charge is 2.64. The summed E-state index contributed by atoms with van der Waals surface area (Å²) < 4.78 is 140. The lowest BCUT2D eigenvalue weighted by Gasteiger charge is -2.29. The first kappa shape index (κ1) is 21.5. The van der Waals surface area contributed by atoms with Crippen LogP contribution in [0.15, 0.2) is 12.1 Å². The van der Waals surface area contributed by atoms with Crippen molar-refractivity contribution < 1.29 is 57.8 Å². The Morgan fingerprint density at radius 2 is 1.23 bits per heavy atom. The summed E-state index contributed by atoms with van der Waals surface area (Å²) in [6.45, 7) is -3.06. The van der Waals surface area contributed by atoms with Crippen LogP contribution in [0.3, 0.4) is 0 Å². The van der Waals surface area contributed by atoms with Gasteiger partial charge in [0.2, 0.25) is 0 Å². The predicted octanol–water partition coefficient (Wildman–Crippen LogP) is 4.95. The molecule has 0 rings (SSSR count). The van der Waals surface area contributed by atoms with Crippen LogP contribution in [0.25, 0.3) is 0 Å². The monoisotopic (exact) mass is 468 g/mol. The van der Waals surface area contributed by atoms with E-state index in [0.29, 0.717) is 0 Å². The summed E-state index contributed by atoms with van der Waals surface area (Å²) in [4.78, 5) is 0. The highest BCUT2D eigenvalue weighted by Crippen LogP contribution is 2.42. The molecule has 0 aromatic rings. The first-order valence-corrected chi connectivity index (χ1v) is 6.23. The minimum atomic E-state index is -6.06. The first-order chi connectivity index (χ1) is 9.59. The molecule has 0 heterocycles. The normalized spacial score (nSPS) is 14.0. The third-order valence-electron chi connectivity index (χ3n) is 1.82. The van der Waals surface area contributed by atoms with Crippen LogP contribution in [0.4, 0.5) is 48.3 Å². The van der Waals surface area contributed by atoms with Gasteiger partial charge in [-0.3, -0.25) is 0 Å².